The van der Waals surface area contributed by atoms with Gasteiger partial charge < -0.3 is 21.2 Å². The van der Waals surface area contributed by atoms with Crippen LogP contribution in [0.15, 0.2) is 12.3 Å². The molecule has 0 atom stereocenters. The molecule has 0 saturated carbocycles. The molecule has 0 saturated heterocycles. The van der Waals surface area contributed by atoms with Gasteiger partial charge in [0.2, 0.25) is 0 Å². The molecule has 82 valence electrons. The van der Waals surface area contributed by atoms with E-state index >= 15 is 0 Å². The zero-order valence-corrected chi connectivity index (χ0v) is 9.00. The molecular formula is C10H16N4O. The van der Waals surface area contributed by atoms with Crippen LogP contribution in [0, 0.1) is 5.41 Å². The fraction of sp³-hybridized carbons (Fsp3) is 0.400. The maximum absolute atomic E-state index is 7.59. The summed E-state index contributed by atoms with van der Waals surface area (Å²) in [5.74, 6) is 0.675. The number of aromatic nitrogens is 1. The molecule has 1 aromatic heterocycles. The number of anilines is 2. The third kappa shape index (κ3) is 3.21. The molecule has 5 nitrogen and oxygen atoms in total. The number of pyridine rings is 1. The standard InChI is InChI=1S/C10H16N4O/c1-7(11)9-5-8(12)6-14-10(9)13-3-4-15-2/h5-6,11H,3-4,12H2,1-2H3,(H,13,14). The maximum atomic E-state index is 7.59. The number of hydrogen-bond donors (Lipinski definition) is 3. The van der Waals surface area contributed by atoms with Crippen molar-refractivity contribution in [3.63, 3.8) is 0 Å². The molecule has 1 rings (SSSR count). The highest BCUT2D eigenvalue weighted by Crippen LogP contribution is 2.15. The van der Waals surface area contributed by atoms with E-state index < -0.39 is 0 Å². The minimum Gasteiger partial charge on any atom is -0.397 e. The molecule has 0 spiro atoms. The number of methoxy groups -OCH3 is 1. The summed E-state index contributed by atoms with van der Waals surface area (Å²) >= 11 is 0. The molecule has 5 heteroatoms. The summed E-state index contributed by atoms with van der Waals surface area (Å²) in [6.45, 7) is 2.97. The van der Waals surface area contributed by atoms with Crippen LogP contribution in [0.4, 0.5) is 11.5 Å². The first-order valence-corrected chi connectivity index (χ1v) is 4.69. The van der Waals surface area contributed by atoms with E-state index in [1.165, 1.54) is 0 Å². The number of nitrogens with zero attached hydrogens (tertiary/aromatic N) is 1. The first kappa shape index (κ1) is 11.5. The predicted octanol–water partition coefficient (Wildman–Crippen LogP) is 1.11. The van der Waals surface area contributed by atoms with Crippen LogP contribution < -0.4 is 11.1 Å². The van der Waals surface area contributed by atoms with Crippen molar-refractivity contribution >= 4 is 17.2 Å². The summed E-state index contributed by atoms with van der Waals surface area (Å²) in [5.41, 5.74) is 7.34. The average molecular weight is 208 g/mol. The van der Waals surface area contributed by atoms with Gasteiger partial charge in [-0.3, -0.25) is 0 Å². The first-order valence-electron chi connectivity index (χ1n) is 4.69. The van der Waals surface area contributed by atoms with Gasteiger partial charge in [-0.15, -0.1) is 0 Å². The second-order valence-electron chi connectivity index (χ2n) is 3.21. The lowest BCUT2D eigenvalue weighted by molar-refractivity contribution is 0.210. The summed E-state index contributed by atoms with van der Waals surface area (Å²) in [5, 5.41) is 10.7. The molecule has 0 bridgehead atoms. The molecule has 15 heavy (non-hydrogen) atoms. The Morgan fingerprint density at radius 2 is 2.40 bits per heavy atom. The molecular weight excluding hydrogens is 192 g/mol. The number of hydrogen-bond acceptors (Lipinski definition) is 5. The van der Waals surface area contributed by atoms with E-state index in [2.05, 4.69) is 10.3 Å². The monoisotopic (exact) mass is 208 g/mol. The number of nitrogen functional groups attached to an aromatic ring is 1. The van der Waals surface area contributed by atoms with Crippen LogP contribution in [-0.2, 0) is 4.74 Å². The van der Waals surface area contributed by atoms with Crippen LogP contribution in [0.3, 0.4) is 0 Å². The van der Waals surface area contributed by atoms with E-state index in [1.807, 2.05) is 0 Å². The fourth-order valence-corrected chi connectivity index (χ4v) is 1.18. The molecule has 0 radical (unpaired) electrons. The summed E-state index contributed by atoms with van der Waals surface area (Å²) in [6.07, 6.45) is 1.57. The van der Waals surface area contributed by atoms with Crippen molar-refractivity contribution in [1.29, 1.82) is 5.41 Å². The second-order valence-corrected chi connectivity index (χ2v) is 3.21. The lowest BCUT2D eigenvalue weighted by Gasteiger charge is -2.10. The van der Waals surface area contributed by atoms with Gasteiger partial charge in [0, 0.05) is 24.9 Å². The number of rotatable bonds is 5. The Labute approximate surface area is 89.2 Å². The smallest absolute Gasteiger partial charge is 0.135 e. The summed E-state index contributed by atoms with van der Waals surface area (Å²) in [6, 6.07) is 1.74. The highest BCUT2D eigenvalue weighted by atomic mass is 16.5. The molecule has 1 aromatic rings. The van der Waals surface area contributed by atoms with Gasteiger partial charge in [-0.25, -0.2) is 4.98 Å². The Kier molecular flexibility index (Phi) is 4.05. The van der Waals surface area contributed by atoms with Crippen LogP contribution in [-0.4, -0.2) is 31.0 Å². The Bertz CT molecular complexity index is 351. The van der Waals surface area contributed by atoms with E-state index in [1.54, 1.807) is 26.3 Å². The van der Waals surface area contributed by atoms with Crippen LogP contribution in [0.25, 0.3) is 0 Å². The molecule has 0 aliphatic rings. The Morgan fingerprint density at radius 3 is 3.00 bits per heavy atom. The quantitative estimate of drug-likeness (QED) is 0.500. The SMILES string of the molecule is COCCNc1ncc(N)cc1C(C)=N. The van der Waals surface area contributed by atoms with Crippen molar-refractivity contribution < 1.29 is 4.74 Å². The van der Waals surface area contributed by atoms with Gasteiger partial charge in [0.1, 0.15) is 5.82 Å². The molecule has 4 N–H and O–H groups in total. The zero-order chi connectivity index (χ0) is 11.3. The van der Waals surface area contributed by atoms with E-state index in [9.17, 15) is 0 Å². The second kappa shape index (κ2) is 5.31. The Hall–Kier alpha value is -1.62. The van der Waals surface area contributed by atoms with Gasteiger partial charge in [-0.05, 0) is 13.0 Å². The van der Waals surface area contributed by atoms with Gasteiger partial charge in [0.15, 0.2) is 0 Å². The molecule has 0 aromatic carbocycles. The van der Waals surface area contributed by atoms with Crippen molar-refractivity contribution in [2.24, 2.45) is 0 Å². The minimum absolute atomic E-state index is 0.440. The first-order chi connectivity index (χ1) is 7.15. The summed E-state index contributed by atoms with van der Waals surface area (Å²) in [4.78, 5) is 4.14. The summed E-state index contributed by atoms with van der Waals surface area (Å²) < 4.78 is 4.92. The summed E-state index contributed by atoms with van der Waals surface area (Å²) in [7, 11) is 1.64. The number of ether oxygens (including phenoxy) is 1. The van der Waals surface area contributed by atoms with E-state index in [-0.39, 0.29) is 0 Å². The van der Waals surface area contributed by atoms with Gasteiger partial charge in [0.25, 0.3) is 0 Å². The van der Waals surface area contributed by atoms with Gasteiger partial charge in [-0.1, -0.05) is 0 Å². The third-order valence-corrected chi connectivity index (χ3v) is 1.91. The molecule has 1 heterocycles. The third-order valence-electron chi connectivity index (χ3n) is 1.91. The van der Waals surface area contributed by atoms with Gasteiger partial charge in [-0.2, -0.15) is 0 Å². The van der Waals surface area contributed by atoms with Crippen LogP contribution >= 0.6 is 0 Å². The van der Waals surface area contributed by atoms with Gasteiger partial charge >= 0.3 is 0 Å². The van der Waals surface area contributed by atoms with E-state index in [0.717, 1.165) is 5.56 Å². The molecule has 0 aliphatic carbocycles. The van der Waals surface area contributed by atoms with Crippen molar-refractivity contribution in [2.45, 2.75) is 6.92 Å². The van der Waals surface area contributed by atoms with Gasteiger partial charge in [0.05, 0.1) is 18.5 Å². The zero-order valence-electron chi connectivity index (χ0n) is 9.00. The highest BCUT2D eigenvalue weighted by molar-refractivity contribution is 6.01. The van der Waals surface area contributed by atoms with Crippen LogP contribution in [0.2, 0.25) is 0 Å². The normalized spacial score (nSPS) is 10.0. The lowest BCUT2D eigenvalue weighted by Crippen LogP contribution is -2.12. The predicted molar refractivity (Wildman–Crippen MR) is 61.5 cm³/mol. The largest absolute Gasteiger partial charge is 0.397 e. The van der Waals surface area contributed by atoms with Crippen LogP contribution in [0.1, 0.15) is 12.5 Å². The molecule has 0 unspecified atom stereocenters. The Balaban J connectivity index is 2.81. The molecule has 0 amide bonds. The maximum Gasteiger partial charge on any atom is 0.135 e. The van der Waals surface area contributed by atoms with E-state index in [4.69, 9.17) is 15.9 Å². The average Bonchev–Trinajstić information content (AvgIpc) is 2.20. The van der Waals surface area contributed by atoms with Crippen LogP contribution in [0.5, 0.6) is 0 Å². The highest BCUT2D eigenvalue weighted by Gasteiger charge is 2.05. The van der Waals surface area contributed by atoms with Crippen molar-refractivity contribution in [2.75, 3.05) is 31.3 Å². The van der Waals surface area contributed by atoms with Crippen molar-refractivity contribution in [3.8, 4) is 0 Å². The number of nitrogens with two attached hydrogens (primary N) is 1. The van der Waals surface area contributed by atoms with Crippen molar-refractivity contribution in [1.82, 2.24) is 4.98 Å². The molecule has 0 fully saturated rings. The topological polar surface area (TPSA) is 84.0 Å². The lowest BCUT2D eigenvalue weighted by atomic mass is 10.1. The number of nitrogens with one attached hydrogen (secondary N) is 2. The fourth-order valence-electron chi connectivity index (χ4n) is 1.18. The van der Waals surface area contributed by atoms with E-state index in [0.29, 0.717) is 30.4 Å². The minimum atomic E-state index is 0.440. The molecule has 0 aliphatic heterocycles. The van der Waals surface area contributed by atoms with Crippen molar-refractivity contribution in [3.05, 3.63) is 17.8 Å². The Morgan fingerprint density at radius 1 is 1.67 bits per heavy atom.